The highest BCUT2D eigenvalue weighted by Crippen LogP contribution is 2.33. The third kappa shape index (κ3) is 5.24. The number of anilines is 3. The van der Waals surface area contributed by atoms with Crippen molar-refractivity contribution in [2.45, 2.75) is 52.2 Å². The summed E-state index contributed by atoms with van der Waals surface area (Å²) >= 11 is 0. The van der Waals surface area contributed by atoms with E-state index in [0.29, 0.717) is 35.4 Å². The Hall–Kier alpha value is -4.03. The van der Waals surface area contributed by atoms with Crippen LogP contribution in [0.5, 0.6) is 5.88 Å². The Labute approximate surface area is 234 Å². The molecule has 40 heavy (non-hydrogen) atoms. The first-order valence-corrected chi connectivity index (χ1v) is 13.6. The Morgan fingerprint density at radius 1 is 1.23 bits per heavy atom. The number of methoxy groups -OCH3 is 1. The van der Waals surface area contributed by atoms with E-state index in [4.69, 9.17) is 9.72 Å². The number of piperazine rings is 1. The molecule has 12 nitrogen and oxygen atoms in total. The summed E-state index contributed by atoms with van der Waals surface area (Å²) in [5.74, 6) is 1.34. The lowest BCUT2D eigenvalue weighted by molar-refractivity contribution is -0.123. The zero-order chi connectivity index (χ0) is 28.6. The number of carbonyl (C=O) groups excluding carboxylic acids is 1. The number of amides is 1. The second kappa shape index (κ2) is 11.2. The van der Waals surface area contributed by atoms with Gasteiger partial charge in [-0.15, -0.1) is 5.10 Å². The lowest BCUT2D eigenvalue weighted by atomic mass is 10.0. The van der Waals surface area contributed by atoms with Crippen molar-refractivity contribution in [1.29, 1.82) is 0 Å². The minimum atomic E-state index is -0.229. The van der Waals surface area contributed by atoms with Crippen molar-refractivity contribution in [2.24, 2.45) is 7.05 Å². The van der Waals surface area contributed by atoms with Gasteiger partial charge in [0.1, 0.15) is 5.69 Å². The maximum absolute atomic E-state index is 13.5. The summed E-state index contributed by atoms with van der Waals surface area (Å²) in [4.78, 5) is 35.3. The van der Waals surface area contributed by atoms with Gasteiger partial charge in [0.05, 0.1) is 30.6 Å². The SMILES string of the molecule is CCC(C(=O)Nc1nccc2c(-c3nc(Nc4cn(C)nc4OC)ncc3C)c[nH]c12)N1CC(C)N(C)C(C)C1. The van der Waals surface area contributed by atoms with E-state index in [-0.39, 0.29) is 11.9 Å². The number of aromatic nitrogens is 6. The van der Waals surface area contributed by atoms with Crippen molar-refractivity contribution in [3.63, 3.8) is 0 Å². The number of hydrogen-bond acceptors (Lipinski definition) is 9. The number of aromatic amines is 1. The van der Waals surface area contributed by atoms with Crippen LogP contribution in [0, 0.1) is 6.92 Å². The monoisotopic (exact) mass is 546 g/mol. The number of carbonyl (C=O) groups is 1. The topological polar surface area (TPSA) is 129 Å². The first kappa shape index (κ1) is 27.5. The maximum atomic E-state index is 13.5. The quantitative estimate of drug-likeness (QED) is 0.304. The van der Waals surface area contributed by atoms with Crippen molar-refractivity contribution < 1.29 is 9.53 Å². The number of likely N-dealkylation sites (N-methyl/N-ethyl adjacent to an activating group) is 1. The summed E-state index contributed by atoms with van der Waals surface area (Å²) in [5, 5.41) is 11.5. The van der Waals surface area contributed by atoms with Crippen LogP contribution in [0.15, 0.2) is 30.9 Å². The molecular weight excluding hydrogens is 508 g/mol. The lowest BCUT2D eigenvalue weighted by Gasteiger charge is -2.44. The van der Waals surface area contributed by atoms with Crippen LogP contribution in [0.4, 0.5) is 17.5 Å². The number of nitrogens with zero attached hydrogens (tertiary/aromatic N) is 7. The van der Waals surface area contributed by atoms with Gasteiger partial charge in [0.25, 0.3) is 5.88 Å². The first-order valence-electron chi connectivity index (χ1n) is 13.6. The molecular formula is C28H38N10O2. The Kier molecular flexibility index (Phi) is 7.72. The number of nitrogens with one attached hydrogen (secondary N) is 3. The highest BCUT2D eigenvalue weighted by molar-refractivity contribution is 6.05. The van der Waals surface area contributed by atoms with Gasteiger partial charge in [-0.3, -0.25) is 19.3 Å². The van der Waals surface area contributed by atoms with Crippen LogP contribution in [0.2, 0.25) is 0 Å². The maximum Gasteiger partial charge on any atom is 0.256 e. The van der Waals surface area contributed by atoms with Crippen molar-refractivity contribution >= 4 is 34.3 Å². The van der Waals surface area contributed by atoms with Crippen LogP contribution in [0.1, 0.15) is 32.8 Å². The average molecular weight is 547 g/mol. The molecule has 0 spiro atoms. The lowest BCUT2D eigenvalue weighted by Crippen LogP contribution is -2.59. The molecule has 1 aliphatic heterocycles. The summed E-state index contributed by atoms with van der Waals surface area (Å²) < 4.78 is 7.00. The smallest absolute Gasteiger partial charge is 0.256 e. The number of ether oxygens (including phenoxy) is 1. The van der Waals surface area contributed by atoms with Crippen LogP contribution in [-0.4, -0.2) is 90.8 Å². The summed E-state index contributed by atoms with van der Waals surface area (Å²) in [6.45, 7) is 10.1. The molecule has 1 fully saturated rings. The number of hydrogen-bond donors (Lipinski definition) is 3. The summed E-state index contributed by atoms with van der Waals surface area (Å²) in [6, 6.07) is 2.46. The van der Waals surface area contributed by atoms with Crippen molar-refractivity contribution in [2.75, 3.05) is 37.9 Å². The van der Waals surface area contributed by atoms with Gasteiger partial charge in [-0.05, 0) is 45.9 Å². The van der Waals surface area contributed by atoms with E-state index in [0.717, 1.165) is 47.2 Å². The molecule has 212 valence electrons. The zero-order valence-corrected chi connectivity index (χ0v) is 24.2. The molecule has 0 bridgehead atoms. The third-order valence-electron chi connectivity index (χ3n) is 7.82. The van der Waals surface area contributed by atoms with Gasteiger partial charge in [0, 0.05) is 61.8 Å². The van der Waals surface area contributed by atoms with Gasteiger partial charge >= 0.3 is 0 Å². The van der Waals surface area contributed by atoms with Crippen LogP contribution < -0.4 is 15.4 Å². The molecule has 12 heteroatoms. The second-order valence-corrected chi connectivity index (χ2v) is 10.6. The Balaban J connectivity index is 1.41. The third-order valence-corrected chi connectivity index (χ3v) is 7.82. The van der Waals surface area contributed by atoms with Crippen LogP contribution in [0.3, 0.4) is 0 Å². The van der Waals surface area contributed by atoms with Gasteiger partial charge < -0.3 is 20.4 Å². The van der Waals surface area contributed by atoms with Crippen LogP contribution in [-0.2, 0) is 11.8 Å². The average Bonchev–Trinajstić information content (AvgIpc) is 3.52. The van der Waals surface area contributed by atoms with Gasteiger partial charge in [-0.2, -0.15) is 0 Å². The molecule has 0 saturated carbocycles. The molecule has 0 aliphatic carbocycles. The number of H-pyrrole nitrogens is 1. The minimum absolute atomic E-state index is 0.0438. The number of fused-ring (bicyclic) bond motifs is 1. The second-order valence-electron chi connectivity index (χ2n) is 10.6. The normalized spacial score (nSPS) is 19.1. The highest BCUT2D eigenvalue weighted by atomic mass is 16.5. The highest BCUT2D eigenvalue weighted by Gasteiger charge is 2.33. The molecule has 0 aromatic carbocycles. The molecule has 1 amide bonds. The largest absolute Gasteiger partial charge is 0.478 e. The number of pyridine rings is 1. The molecule has 5 rings (SSSR count). The molecule has 1 saturated heterocycles. The van der Waals surface area contributed by atoms with Gasteiger partial charge in [-0.1, -0.05) is 6.92 Å². The van der Waals surface area contributed by atoms with E-state index < -0.39 is 0 Å². The van der Waals surface area contributed by atoms with E-state index in [9.17, 15) is 4.79 Å². The van der Waals surface area contributed by atoms with E-state index in [1.807, 2.05) is 26.2 Å². The number of rotatable bonds is 8. The first-order chi connectivity index (χ1) is 19.2. The fourth-order valence-electron chi connectivity index (χ4n) is 5.45. The fourth-order valence-corrected chi connectivity index (χ4v) is 5.45. The summed E-state index contributed by atoms with van der Waals surface area (Å²) in [5.41, 5.74) is 3.99. The van der Waals surface area contributed by atoms with Crippen LogP contribution in [0.25, 0.3) is 22.2 Å². The van der Waals surface area contributed by atoms with E-state index in [2.05, 4.69) is 68.3 Å². The van der Waals surface area contributed by atoms with E-state index >= 15 is 0 Å². The summed E-state index contributed by atoms with van der Waals surface area (Å²) in [6.07, 6.45) is 7.92. The Morgan fingerprint density at radius 2 is 1.98 bits per heavy atom. The molecule has 1 aliphatic rings. The molecule has 3 atom stereocenters. The van der Waals surface area contributed by atoms with Crippen LogP contribution >= 0.6 is 0 Å². The zero-order valence-electron chi connectivity index (χ0n) is 24.2. The van der Waals surface area contributed by atoms with E-state index in [1.165, 1.54) is 0 Å². The standard InChI is InChI=1S/C28H38N10O2/c1-8-22(38-13-17(3)37(6)18(4)14-38)26(39)34-25-24-19(9-10-29-25)20(12-30-24)23-16(2)11-31-28(33-23)32-21-15-36(5)35-27(21)40-7/h9-12,15,17-18,22,30H,8,13-14H2,1-7H3,(H,29,34,39)(H,31,32,33). The van der Waals surface area contributed by atoms with Gasteiger partial charge in [0.15, 0.2) is 5.82 Å². The Morgan fingerprint density at radius 3 is 2.67 bits per heavy atom. The van der Waals surface area contributed by atoms with E-state index in [1.54, 1.807) is 30.4 Å². The molecule has 0 radical (unpaired) electrons. The summed E-state index contributed by atoms with van der Waals surface area (Å²) in [7, 11) is 5.54. The Bertz CT molecular complexity index is 1500. The van der Waals surface area contributed by atoms with Crippen molar-refractivity contribution in [1.82, 2.24) is 39.5 Å². The number of aryl methyl sites for hydroxylation is 2. The molecule has 5 heterocycles. The van der Waals surface area contributed by atoms with Gasteiger partial charge in [-0.25, -0.2) is 15.0 Å². The molecule has 3 N–H and O–H groups in total. The predicted molar refractivity (Wildman–Crippen MR) is 156 cm³/mol. The minimum Gasteiger partial charge on any atom is -0.478 e. The predicted octanol–water partition coefficient (Wildman–Crippen LogP) is 3.56. The van der Waals surface area contributed by atoms with Crippen molar-refractivity contribution in [3.05, 3.63) is 36.4 Å². The van der Waals surface area contributed by atoms with Crippen molar-refractivity contribution in [3.8, 4) is 17.1 Å². The van der Waals surface area contributed by atoms with Gasteiger partial charge in [0.2, 0.25) is 11.9 Å². The fraction of sp³-hybridized carbons (Fsp3) is 0.464. The molecule has 4 aromatic heterocycles. The molecule has 4 aromatic rings. The molecule has 3 unspecified atom stereocenters.